The molecule has 1 unspecified atom stereocenters. The normalized spacial score (nSPS) is 14.2. The van der Waals surface area contributed by atoms with Crippen LogP contribution in [0.4, 0.5) is 0 Å². The Hall–Kier alpha value is -0.0400. The van der Waals surface area contributed by atoms with Gasteiger partial charge in [-0.2, -0.15) is 0 Å². The van der Waals surface area contributed by atoms with E-state index in [1.807, 2.05) is 0 Å². The maximum atomic E-state index is 11.0. The molecule has 0 aromatic heterocycles. The highest BCUT2D eigenvalue weighted by molar-refractivity contribution is 4.87. The quantitative estimate of drug-likeness (QED) is 0.423. The monoisotopic (exact) mass is 284 g/mol. The van der Waals surface area contributed by atoms with E-state index in [-0.39, 0.29) is 0 Å². The third-order valence-electron chi connectivity index (χ3n) is 5.05. The fourth-order valence-corrected chi connectivity index (χ4v) is 3.30. The largest absolute Gasteiger partial charge is 0.389 e. The van der Waals surface area contributed by atoms with Gasteiger partial charge in [-0.15, -0.1) is 0 Å². The summed E-state index contributed by atoms with van der Waals surface area (Å²) in [6.07, 6.45) is 11.6. The van der Waals surface area contributed by atoms with Crippen molar-refractivity contribution in [3.05, 3.63) is 0 Å². The van der Waals surface area contributed by atoms with Crippen molar-refractivity contribution in [2.75, 3.05) is 0 Å². The highest BCUT2D eigenvalue weighted by Crippen LogP contribution is 2.36. The van der Waals surface area contributed by atoms with Gasteiger partial charge in [0, 0.05) is 0 Å². The second kappa shape index (κ2) is 10.7. The topological polar surface area (TPSA) is 20.2 Å². The van der Waals surface area contributed by atoms with Gasteiger partial charge in [0.05, 0.1) is 5.60 Å². The first-order valence-electron chi connectivity index (χ1n) is 9.10. The SMILES string of the molecule is CCCCCCC(CCCC)CC(O)(C(C)C)C(C)C. The minimum atomic E-state index is -0.483. The lowest BCUT2D eigenvalue weighted by atomic mass is 9.72. The van der Waals surface area contributed by atoms with Crippen molar-refractivity contribution in [2.24, 2.45) is 17.8 Å². The Labute approximate surface area is 128 Å². The number of rotatable bonds is 12. The van der Waals surface area contributed by atoms with Gasteiger partial charge in [-0.25, -0.2) is 0 Å². The minimum Gasteiger partial charge on any atom is -0.389 e. The lowest BCUT2D eigenvalue weighted by Gasteiger charge is -2.39. The van der Waals surface area contributed by atoms with E-state index >= 15 is 0 Å². The molecule has 0 aromatic carbocycles. The summed E-state index contributed by atoms with van der Waals surface area (Å²) in [7, 11) is 0. The van der Waals surface area contributed by atoms with Crippen molar-refractivity contribution < 1.29 is 5.11 Å². The molecular formula is C19H40O. The van der Waals surface area contributed by atoms with Gasteiger partial charge < -0.3 is 5.11 Å². The van der Waals surface area contributed by atoms with Crippen molar-refractivity contribution in [1.82, 2.24) is 0 Å². The Balaban J connectivity index is 4.51. The third kappa shape index (κ3) is 7.11. The molecule has 0 spiro atoms. The van der Waals surface area contributed by atoms with Gasteiger partial charge in [0.15, 0.2) is 0 Å². The summed E-state index contributed by atoms with van der Waals surface area (Å²) in [4.78, 5) is 0. The molecule has 1 N–H and O–H groups in total. The van der Waals surface area contributed by atoms with Crippen LogP contribution in [0, 0.1) is 17.8 Å². The standard InChI is InChI=1S/C19H40O/c1-7-9-11-12-14-18(13-10-8-2)15-19(20,16(3)4)17(5)6/h16-18,20H,7-15H2,1-6H3. The predicted octanol–water partition coefficient (Wildman–Crippen LogP) is 6.20. The average Bonchev–Trinajstić information content (AvgIpc) is 2.39. The third-order valence-corrected chi connectivity index (χ3v) is 5.05. The van der Waals surface area contributed by atoms with E-state index in [1.54, 1.807) is 0 Å². The van der Waals surface area contributed by atoms with Gasteiger partial charge in [0.25, 0.3) is 0 Å². The van der Waals surface area contributed by atoms with E-state index in [1.165, 1.54) is 51.4 Å². The van der Waals surface area contributed by atoms with Gasteiger partial charge in [0.2, 0.25) is 0 Å². The molecule has 0 heterocycles. The maximum Gasteiger partial charge on any atom is 0.0695 e. The predicted molar refractivity (Wildman–Crippen MR) is 91.0 cm³/mol. The first-order valence-corrected chi connectivity index (χ1v) is 9.10. The zero-order valence-electron chi connectivity index (χ0n) is 15.0. The molecule has 20 heavy (non-hydrogen) atoms. The van der Waals surface area contributed by atoms with Crippen molar-refractivity contribution >= 4 is 0 Å². The fourth-order valence-electron chi connectivity index (χ4n) is 3.30. The van der Waals surface area contributed by atoms with Crippen molar-refractivity contribution in [3.63, 3.8) is 0 Å². The van der Waals surface area contributed by atoms with E-state index in [0.29, 0.717) is 17.8 Å². The van der Waals surface area contributed by atoms with Crippen LogP contribution in [-0.4, -0.2) is 10.7 Å². The zero-order chi connectivity index (χ0) is 15.6. The van der Waals surface area contributed by atoms with E-state index in [0.717, 1.165) is 6.42 Å². The van der Waals surface area contributed by atoms with Crippen LogP contribution in [0.15, 0.2) is 0 Å². The van der Waals surface area contributed by atoms with Gasteiger partial charge in [-0.1, -0.05) is 92.9 Å². The maximum absolute atomic E-state index is 11.0. The van der Waals surface area contributed by atoms with E-state index in [9.17, 15) is 5.11 Å². The summed E-state index contributed by atoms with van der Waals surface area (Å²) in [5.74, 6) is 1.41. The van der Waals surface area contributed by atoms with Gasteiger partial charge >= 0.3 is 0 Å². The molecule has 1 nitrogen and oxygen atoms in total. The lowest BCUT2D eigenvalue weighted by molar-refractivity contribution is -0.0675. The average molecular weight is 285 g/mol. The fraction of sp³-hybridized carbons (Fsp3) is 1.00. The minimum absolute atomic E-state index is 0.349. The van der Waals surface area contributed by atoms with Gasteiger partial charge in [-0.05, 0) is 24.2 Å². The van der Waals surface area contributed by atoms with Crippen molar-refractivity contribution in [2.45, 2.75) is 105 Å². The van der Waals surface area contributed by atoms with Crippen LogP contribution in [0.25, 0.3) is 0 Å². The molecule has 122 valence electrons. The van der Waals surface area contributed by atoms with Crippen LogP contribution in [0.2, 0.25) is 0 Å². The number of hydrogen-bond donors (Lipinski definition) is 1. The number of hydrogen-bond acceptors (Lipinski definition) is 1. The second-order valence-corrected chi connectivity index (χ2v) is 7.36. The van der Waals surface area contributed by atoms with Gasteiger partial charge in [-0.3, -0.25) is 0 Å². The molecule has 0 saturated carbocycles. The first-order chi connectivity index (χ1) is 9.38. The zero-order valence-corrected chi connectivity index (χ0v) is 15.0. The smallest absolute Gasteiger partial charge is 0.0695 e. The summed E-state index contributed by atoms with van der Waals surface area (Å²) < 4.78 is 0. The Morgan fingerprint density at radius 2 is 1.25 bits per heavy atom. The molecule has 0 fully saturated rings. The Bertz CT molecular complexity index is 212. The molecule has 0 saturated heterocycles. The summed E-state index contributed by atoms with van der Waals surface area (Å²) in [6.45, 7) is 13.2. The Morgan fingerprint density at radius 1 is 0.750 bits per heavy atom. The first kappa shape index (κ1) is 20.0. The van der Waals surface area contributed by atoms with Crippen molar-refractivity contribution in [1.29, 1.82) is 0 Å². The van der Waals surface area contributed by atoms with Crippen molar-refractivity contribution in [3.8, 4) is 0 Å². The van der Waals surface area contributed by atoms with Crippen LogP contribution in [0.1, 0.15) is 99.3 Å². The lowest BCUT2D eigenvalue weighted by Crippen LogP contribution is -2.42. The molecular weight excluding hydrogens is 244 g/mol. The van der Waals surface area contributed by atoms with E-state index < -0.39 is 5.60 Å². The molecule has 0 aliphatic heterocycles. The Morgan fingerprint density at radius 3 is 1.70 bits per heavy atom. The summed E-state index contributed by atoms with van der Waals surface area (Å²) in [6, 6.07) is 0. The van der Waals surface area contributed by atoms with Crippen LogP contribution in [-0.2, 0) is 0 Å². The molecule has 0 bridgehead atoms. The second-order valence-electron chi connectivity index (χ2n) is 7.36. The summed E-state index contributed by atoms with van der Waals surface area (Å²) in [5.41, 5.74) is -0.483. The highest BCUT2D eigenvalue weighted by Gasteiger charge is 2.36. The van der Waals surface area contributed by atoms with E-state index in [2.05, 4.69) is 41.5 Å². The molecule has 1 heteroatoms. The molecule has 1 atom stereocenters. The van der Waals surface area contributed by atoms with E-state index in [4.69, 9.17) is 0 Å². The number of unbranched alkanes of at least 4 members (excludes halogenated alkanes) is 4. The van der Waals surface area contributed by atoms with Crippen LogP contribution in [0.5, 0.6) is 0 Å². The van der Waals surface area contributed by atoms with Crippen LogP contribution in [0.3, 0.4) is 0 Å². The molecule has 0 radical (unpaired) electrons. The number of aliphatic hydroxyl groups is 1. The van der Waals surface area contributed by atoms with Crippen LogP contribution >= 0.6 is 0 Å². The van der Waals surface area contributed by atoms with Crippen LogP contribution < -0.4 is 0 Å². The summed E-state index contributed by atoms with van der Waals surface area (Å²) >= 11 is 0. The summed E-state index contributed by atoms with van der Waals surface area (Å²) in [5, 5.41) is 11.0. The molecule has 0 rings (SSSR count). The highest BCUT2D eigenvalue weighted by atomic mass is 16.3. The molecule has 0 amide bonds. The molecule has 0 aliphatic rings. The molecule has 0 aromatic rings. The molecule has 0 aliphatic carbocycles. The Kier molecular flexibility index (Phi) is 10.6. The van der Waals surface area contributed by atoms with Gasteiger partial charge in [0.1, 0.15) is 0 Å².